The van der Waals surface area contributed by atoms with E-state index in [1.165, 1.54) is 40.8 Å². The Morgan fingerprint density at radius 1 is 1.21 bits per heavy atom. The highest BCUT2D eigenvalue weighted by atomic mass is 32.2. The minimum atomic E-state index is -3.58. The molecule has 1 aromatic carbocycles. The number of aromatic amines is 1. The van der Waals surface area contributed by atoms with Gasteiger partial charge in [0.1, 0.15) is 16.9 Å². The van der Waals surface area contributed by atoms with Crippen molar-refractivity contribution in [2.24, 2.45) is 0 Å². The van der Waals surface area contributed by atoms with Crippen molar-refractivity contribution in [3.8, 4) is 0 Å². The van der Waals surface area contributed by atoms with Crippen LogP contribution >= 0.6 is 0 Å². The number of rotatable bonds is 6. The summed E-state index contributed by atoms with van der Waals surface area (Å²) in [5.41, 5.74) is 0.496. The number of anilines is 2. The molecule has 2 N–H and O–H groups in total. The van der Waals surface area contributed by atoms with Gasteiger partial charge < -0.3 is 10.1 Å². The van der Waals surface area contributed by atoms with Crippen molar-refractivity contribution in [2.75, 3.05) is 50.1 Å². The van der Waals surface area contributed by atoms with Crippen LogP contribution in [0.3, 0.4) is 0 Å². The van der Waals surface area contributed by atoms with E-state index in [4.69, 9.17) is 4.74 Å². The minimum Gasteiger partial charge on any atom is -0.379 e. The van der Waals surface area contributed by atoms with Crippen LogP contribution in [-0.2, 0) is 19.6 Å². The molecule has 3 rings (SSSR count). The van der Waals surface area contributed by atoms with E-state index in [2.05, 4.69) is 10.3 Å². The second-order valence-corrected chi connectivity index (χ2v) is 8.28. The number of carbonyl (C=O) groups excluding carboxylic acids is 1. The lowest BCUT2D eigenvalue weighted by Crippen LogP contribution is -2.41. The maximum absolute atomic E-state index is 12.9. The van der Waals surface area contributed by atoms with Gasteiger partial charge >= 0.3 is 0 Å². The number of carbonyl (C=O) groups is 1. The van der Waals surface area contributed by atoms with Gasteiger partial charge in [-0.1, -0.05) is 0 Å². The summed E-state index contributed by atoms with van der Waals surface area (Å²) in [6, 6.07) is 8.60. The minimum absolute atomic E-state index is 0.0312. The average Bonchev–Trinajstić information content (AvgIpc) is 2.70. The maximum Gasteiger partial charge on any atom is 0.274 e. The van der Waals surface area contributed by atoms with E-state index in [1.807, 2.05) is 0 Å². The fraction of sp³-hybridized carbons (Fsp3) is 0.333. The molecule has 1 saturated heterocycles. The number of halogens is 1. The Balaban J connectivity index is 1.62. The molecule has 0 bridgehead atoms. The van der Waals surface area contributed by atoms with Crippen LogP contribution in [0.25, 0.3) is 0 Å². The normalized spacial score (nSPS) is 15.2. The Bertz CT molecular complexity index is 914. The molecule has 10 heteroatoms. The zero-order valence-electron chi connectivity index (χ0n) is 15.4. The zero-order chi connectivity index (χ0) is 20.1. The first-order chi connectivity index (χ1) is 13.4. The standard InChI is InChI=1S/C18H21FN4O4S/c1-22(13-18(24)21-15-4-2-14(19)3-5-15)17-7-6-16(12-20-17)28(25,26)23-8-10-27-11-9-23/h2-7,12H,8-11,13H2,1H3,(H,21,24)/p+1. The van der Waals surface area contributed by atoms with Crippen molar-refractivity contribution in [1.29, 1.82) is 0 Å². The lowest BCUT2D eigenvalue weighted by molar-refractivity contribution is -0.366. The summed E-state index contributed by atoms with van der Waals surface area (Å²) in [6.07, 6.45) is 1.41. The number of H-pyrrole nitrogens is 1. The van der Waals surface area contributed by atoms with Crippen LogP contribution in [0.4, 0.5) is 15.9 Å². The molecule has 150 valence electrons. The van der Waals surface area contributed by atoms with Crippen LogP contribution in [0.15, 0.2) is 47.5 Å². The Morgan fingerprint density at radius 3 is 2.50 bits per heavy atom. The van der Waals surface area contributed by atoms with Gasteiger partial charge in [-0.2, -0.15) is 4.31 Å². The topological polar surface area (TPSA) is 93.1 Å². The smallest absolute Gasteiger partial charge is 0.274 e. The molecule has 0 aliphatic carbocycles. The van der Waals surface area contributed by atoms with Gasteiger partial charge in [-0.05, 0) is 30.3 Å². The van der Waals surface area contributed by atoms with Crippen LogP contribution in [0, 0.1) is 5.82 Å². The largest absolute Gasteiger partial charge is 0.379 e. The summed E-state index contributed by atoms with van der Waals surface area (Å²) in [6.45, 7) is 1.45. The third-order valence-electron chi connectivity index (χ3n) is 4.30. The SMILES string of the molecule is CN(CC(=O)Nc1ccc(F)cc1)c1ccc(S(=O)(=O)N2CCOCC2)c[nH+]1. The number of nitrogens with zero attached hydrogens (tertiary/aromatic N) is 2. The third-order valence-corrected chi connectivity index (χ3v) is 6.19. The number of likely N-dealkylation sites (N-methyl/N-ethyl adjacent to an activating group) is 1. The quantitative estimate of drug-likeness (QED) is 0.760. The Morgan fingerprint density at radius 2 is 1.89 bits per heavy atom. The number of aromatic nitrogens is 1. The predicted octanol–water partition coefficient (Wildman–Crippen LogP) is 0.736. The Labute approximate surface area is 163 Å². The molecule has 8 nitrogen and oxygen atoms in total. The van der Waals surface area contributed by atoms with Crippen LogP contribution in [0.2, 0.25) is 0 Å². The van der Waals surface area contributed by atoms with Gasteiger partial charge in [-0.3, -0.25) is 9.69 Å². The van der Waals surface area contributed by atoms with E-state index in [1.54, 1.807) is 18.0 Å². The molecule has 1 amide bonds. The van der Waals surface area contributed by atoms with Crippen molar-refractivity contribution in [3.63, 3.8) is 0 Å². The Hall–Kier alpha value is -2.56. The maximum atomic E-state index is 12.9. The number of benzene rings is 1. The molecule has 0 spiro atoms. The van der Waals surface area contributed by atoms with Gasteiger partial charge in [-0.15, -0.1) is 0 Å². The van der Waals surface area contributed by atoms with Gasteiger partial charge in [0.15, 0.2) is 6.54 Å². The monoisotopic (exact) mass is 409 g/mol. The van der Waals surface area contributed by atoms with E-state index in [0.717, 1.165) is 0 Å². The number of sulfonamides is 1. The van der Waals surface area contributed by atoms with Gasteiger partial charge in [0.2, 0.25) is 10.0 Å². The van der Waals surface area contributed by atoms with E-state index in [9.17, 15) is 17.6 Å². The molecule has 1 aliphatic heterocycles. The summed E-state index contributed by atoms with van der Waals surface area (Å²) in [7, 11) is -1.88. The predicted molar refractivity (Wildman–Crippen MR) is 101 cm³/mol. The number of nitrogens with one attached hydrogen (secondary N) is 2. The first-order valence-corrected chi connectivity index (χ1v) is 10.2. The van der Waals surface area contributed by atoms with Gasteiger partial charge in [0.05, 0.1) is 20.3 Å². The first-order valence-electron chi connectivity index (χ1n) is 8.72. The Kier molecular flexibility index (Phi) is 6.22. The lowest BCUT2D eigenvalue weighted by Gasteiger charge is -2.25. The zero-order valence-corrected chi connectivity index (χ0v) is 16.2. The van der Waals surface area contributed by atoms with Crippen molar-refractivity contribution in [1.82, 2.24) is 4.31 Å². The van der Waals surface area contributed by atoms with Gasteiger partial charge in [0.25, 0.3) is 11.7 Å². The molecule has 28 heavy (non-hydrogen) atoms. The van der Waals surface area contributed by atoms with Crippen LogP contribution < -0.4 is 15.2 Å². The number of amides is 1. The summed E-state index contributed by atoms with van der Waals surface area (Å²) in [4.78, 5) is 16.9. The number of hydrogen-bond acceptors (Lipinski definition) is 5. The molecule has 2 aromatic rings. The molecule has 1 aliphatic rings. The number of ether oxygens (including phenoxy) is 1. The molecular weight excluding hydrogens is 387 g/mol. The van der Waals surface area contributed by atoms with Crippen LogP contribution in [0.1, 0.15) is 0 Å². The number of morpholine rings is 1. The van der Waals surface area contributed by atoms with Crippen molar-refractivity contribution in [2.45, 2.75) is 4.90 Å². The molecule has 0 unspecified atom stereocenters. The highest BCUT2D eigenvalue weighted by Crippen LogP contribution is 2.17. The van der Waals surface area contributed by atoms with E-state index >= 15 is 0 Å². The fourth-order valence-electron chi connectivity index (χ4n) is 2.77. The second kappa shape index (κ2) is 8.63. The fourth-order valence-corrected chi connectivity index (χ4v) is 4.15. The second-order valence-electron chi connectivity index (χ2n) is 6.34. The van der Waals surface area contributed by atoms with E-state index in [0.29, 0.717) is 37.8 Å². The summed E-state index contributed by atoms with van der Waals surface area (Å²) >= 11 is 0. The highest BCUT2D eigenvalue weighted by Gasteiger charge is 2.27. The van der Waals surface area contributed by atoms with E-state index < -0.39 is 10.0 Å². The molecule has 2 heterocycles. The number of hydrogen-bond donors (Lipinski definition) is 1. The van der Waals surface area contributed by atoms with E-state index in [-0.39, 0.29) is 23.2 Å². The molecule has 1 fully saturated rings. The lowest BCUT2D eigenvalue weighted by atomic mass is 10.3. The molecule has 0 radical (unpaired) electrons. The molecular formula is C18H22FN4O4S+. The molecule has 0 saturated carbocycles. The van der Waals surface area contributed by atoms with Crippen molar-refractivity contribution < 1.29 is 27.3 Å². The number of pyridine rings is 1. The van der Waals surface area contributed by atoms with Crippen LogP contribution in [-0.4, -0.2) is 58.5 Å². The summed E-state index contributed by atoms with van der Waals surface area (Å²) < 4.78 is 44.7. The summed E-state index contributed by atoms with van der Waals surface area (Å²) in [5.74, 6) is -0.0838. The molecule has 1 aromatic heterocycles. The molecule has 0 atom stereocenters. The first kappa shape index (κ1) is 20.2. The summed E-state index contributed by atoms with van der Waals surface area (Å²) in [5, 5.41) is 2.67. The van der Waals surface area contributed by atoms with Gasteiger partial charge in [0, 0.05) is 24.8 Å². The third kappa shape index (κ3) is 4.83. The van der Waals surface area contributed by atoms with Gasteiger partial charge in [-0.25, -0.2) is 17.8 Å². The van der Waals surface area contributed by atoms with Crippen molar-refractivity contribution in [3.05, 3.63) is 48.4 Å². The van der Waals surface area contributed by atoms with Crippen molar-refractivity contribution >= 4 is 27.4 Å². The van der Waals surface area contributed by atoms with Crippen LogP contribution in [0.5, 0.6) is 0 Å². The highest BCUT2D eigenvalue weighted by molar-refractivity contribution is 7.89. The average molecular weight is 409 g/mol.